The number of benzene rings is 2. The lowest BCUT2D eigenvalue weighted by Crippen LogP contribution is -2.66. The number of amides is 3. The van der Waals surface area contributed by atoms with Crippen molar-refractivity contribution in [3.8, 4) is 0 Å². The van der Waals surface area contributed by atoms with Crippen molar-refractivity contribution in [1.82, 2.24) is 10.2 Å². The molecule has 6 heteroatoms. The van der Waals surface area contributed by atoms with Crippen LogP contribution in [0.5, 0.6) is 0 Å². The third kappa shape index (κ3) is 3.16. The van der Waals surface area contributed by atoms with E-state index in [-0.39, 0.29) is 17.9 Å². The predicted molar refractivity (Wildman–Crippen MR) is 106 cm³/mol. The molecule has 2 aliphatic rings. The Morgan fingerprint density at radius 1 is 1.11 bits per heavy atom. The van der Waals surface area contributed by atoms with Gasteiger partial charge in [0.1, 0.15) is 6.17 Å². The summed E-state index contributed by atoms with van der Waals surface area (Å²) in [5, 5.41) is 3.72. The lowest BCUT2D eigenvalue weighted by molar-refractivity contribution is -0.135. The molecule has 1 fully saturated rings. The Morgan fingerprint density at radius 2 is 1.85 bits per heavy atom. The molecule has 140 valence electrons. The van der Waals surface area contributed by atoms with Gasteiger partial charge in [-0.1, -0.05) is 43.1 Å². The number of fused-ring (bicyclic) bond motifs is 2. The molecular weight excluding hydrogens is 362 g/mol. The highest BCUT2D eigenvalue weighted by molar-refractivity contribution is 6.30. The van der Waals surface area contributed by atoms with Crippen LogP contribution in [0.25, 0.3) is 0 Å². The molecule has 0 radical (unpaired) electrons. The Bertz CT molecular complexity index is 868. The summed E-state index contributed by atoms with van der Waals surface area (Å²) in [6.45, 7) is 2.52. The maximum absolute atomic E-state index is 13.1. The number of carbonyl (C=O) groups is 2. The van der Waals surface area contributed by atoms with Gasteiger partial charge in [0.25, 0.3) is 0 Å². The summed E-state index contributed by atoms with van der Waals surface area (Å²) >= 11 is 6.05. The van der Waals surface area contributed by atoms with Crippen LogP contribution in [0.15, 0.2) is 48.5 Å². The minimum Gasteiger partial charge on any atom is -0.320 e. The fourth-order valence-electron chi connectivity index (χ4n) is 3.92. The van der Waals surface area contributed by atoms with Gasteiger partial charge in [0, 0.05) is 22.9 Å². The van der Waals surface area contributed by atoms with E-state index in [1.165, 1.54) is 4.90 Å². The highest BCUT2D eigenvalue weighted by Crippen LogP contribution is 2.40. The summed E-state index contributed by atoms with van der Waals surface area (Å²) in [6, 6.07) is 15.2. The number of hydrogen-bond acceptors (Lipinski definition) is 3. The first-order valence-corrected chi connectivity index (χ1v) is 9.72. The van der Waals surface area contributed by atoms with Crippen LogP contribution in [0.3, 0.4) is 0 Å². The molecular formula is C21H22ClN3O2. The van der Waals surface area contributed by atoms with Crippen LogP contribution in [-0.2, 0) is 11.2 Å². The van der Waals surface area contributed by atoms with E-state index in [0.717, 1.165) is 29.8 Å². The first-order valence-electron chi connectivity index (χ1n) is 9.34. The zero-order chi connectivity index (χ0) is 19.0. The Morgan fingerprint density at radius 3 is 2.59 bits per heavy atom. The molecule has 1 saturated heterocycles. The molecule has 0 spiro atoms. The van der Waals surface area contributed by atoms with Crippen molar-refractivity contribution in [2.24, 2.45) is 5.92 Å². The number of imide groups is 1. The molecule has 1 N–H and O–H groups in total. The van der Waals surface area contributed by atoms with Gasteiger partial charge in [-0.05, 0) is 48.7 Å². The first kappa shape index (κ1) is 17.9. The number of urea groups is 1. The second-order valence-corrected chi connectivity index (χ2v) is 7.46. The zero-order valence-electron chi connectivity index (χ0n) is 15.2. The average molecular weight is 384 g/mol. The van der Waals surface area contributed by atoms with Crippen LogP contribution in [0.4, 0.5) is 16.2 Å². The highest BCUT2D eigenvalue weighted by Gasteiger charge is 2.46. The Labute approximate surface area is 163 Å². The van der Waals surface area contributed by atoms with Crippen molar-refractivity contribution in [3.63, 3.8) is 0 Å². The van der Waals surface area contributed by atoms with Gasteiger partial charge in [-0.3, -0.25) is 9.69 Å². The molecule has 3 amide bonds. The SMILES string of the molecule is CCCCN1C(=O)NC2C(Cc3ccccc3N2c2ccc(Cl)cc2)C1=O. The van der Waals surface area contributed by atoms with Gasteiger partial charge in [-0.2, -0.15) is 0 Å². The van der Waals surface area contributed by atoms with Crippen molar-refractivity contribution in [2.75, 3.05) is 11.4 Å². The maximum Gasteiger partial charge on any atom is 0.325 e. The number of rotatable bonds is 4. The van der Waals surface area contributed by atoms with Gasteiger partial charge in [0.2, 0.25) is 5.91 Å². The lowest BCUT2D eigenvalue weighted by atomic mass is 9.86. The normalized spacial score (nSPS) is 21.6. The van der Waals surface area contributed by atoms with Gasteiger partial charge in [-0.25, -0.2) is 4.79 Å². The van der Waals surface area contributed by atoms with Crippen molar-refractivity contribution < 1.29 is 9.59 Å². The molecule has 0 aliphatic carbocycles. The predicted octanol–water partition coefficient (Wildman–Crippen LogP) is 4.33. The summed E-state index contributed by atoms with van der Waals surface area (Å²) in [5.41, 5.74) is 3.02. The lowest BCUT2D eigenvalue weighted by Gasteiger charge is -2.47. The number of halogens is 1. The van der Waals surface area contributed by atoms with Gasteiger partial charge in [0.05, 0.1) is 5.92 Å². The number of nitrogens with zero attached hydrogens (tertiary/aromatic N) is 2. The Balaban J connectivity index is 1.76. The number of hydrogen-bond donors (Lipinski definition) is 1. The number of unbranched alkanes of at least 4 members (excludes halogenated alkanes) is 1. The fraction of sp³-hybridized carbons (Fsp3) is 0.333. The molecule has 4 rings (SSSR count). The minimum atomic E-state index is -0.404. The topological polar surface area (TPSA) is 52.7 Å². The smallest absolute Gasteiger partial charge is 0.320 e. The third-order valence-corrected chi connectivity index (χ3v) is 5.54. The number of nitrogens with one attached hydrogen (secondary N) is 1. The molecule has 0 aromatic heterocycles. The summed E-state index contributed by atoms with van der Waals surface area (Å²) in [5.74, 6) is -0.407. The van der Waals surface area contributed by atoms with E-state index < -0.39 is 6.17 Å². The summed E-state index contributed by atoms with van der Waals surface area (Å²) in [4.78, 5) is 29.2. The zero-order valence-corrected chi connectivity index (χ0v) is 15.9. The van der Waals surface area contributed by atoms with Crippen molar-refractivity contribution in [1.29, 1.82) is 0 Å². The Kier molecular flexibility index (Phi) is 4.79. The molecule has 2 aromatic carbocycles. The quantitative estimate of drug-likeness (QED) is 0.855. The largest absolute Gasteiger partial charge is 0.325 e. The van der Waals surface area contributed by atoms with Crippen LogP contribution in [0, 0.1) is 5.92 Å². The molecule has 2 heterocycles. The number of anilines is 2. The standard InChI is InChI=1S/C21H22ClN3O2/c1-2-3-12-24-20(26)17-13-14-6-4-5-7-18(14)25(19(17)23-21(24)27)16-10-8-15(22)9-11-16/h4-11,17,19H,2-3,12-13H2,1H3,(H,23,27). The molecule has 0 bridgehead atoms. The number of carbonyl (C=O) groups excluding carboxylic acids is 2. The Hall–Kier alpha value is -2.53. The summed E-state index contributed by atoms with van der Waals surface area (Å²) < 4.78 is 0. The van der Waals surface area contributed by atoms with Gasteiger partial charge in [0.15, 0.2) is 0 Å². The van der Waals surface area contributed by atoms with Gasteiger partial charge < -0.3 is 10.2 Å². The van der Waals surface area contributed by atoms with Crippen molar-refractivity contribution >= 4 is 34.9 Å². The summed E-state index contributed by atoms with van der Waals surface area (Å²) in [7, 11) is 0. The van der Waals surface area contributed by atoms with Crippen LogP contribution in [0.2, 0.25) is 5.02 Å². The second-order valence-electron chi connectivity index (χ2n) is 7.02. The molecule has 2 atom stereocenters. The third-order valence-electron chi connectivity index (χ3n) is 5.29. The van der Waals surface area contributed by atoms with Gasteiger partial charge >= 0.3 is 6.03 Å². The van der Waals surface area contributed by atoms with Crippen LogP contribution in [-0.4, -0.2) is 29.5 Å². The van der Waals surface area contributed by atoms with Gasteiger partial charge in [-0.15, -0.1) is 0 Å². The monoisotopic (exact) mass is 383 g/mol. The van der Waals surface area contributed by atoms with Crippen LogP contribution < -0.4 is 10.2 Å². The summed E-state index contributed by atoms with van der Waals surface area (Å²) in [6.07, 6.45) is 1.96. The van der Waals surface area contributed by atoms with E-state index >= 15 is 0 Å². The van der Waals surface area contributed by atoms with Crippen LogP contribution >= 0.6 is 11.6 Å². The molecule has 5 nitrogen and oxygen atoms in total. The highest BCUT2D eigenvalue weighted by atomic mass is 35.5. The molecule has 2 aliphatic heterocycles. The average Bonchev–Trinajstić information content (AvgIpc) is 2.67. The van der Waals surface area contributed by atoms with E-state index in [2.05, 4.69) is 11.4 Å². The second kappa shape index (κ2) is 7.24. The van der Waals surface area contributed by atoms with Crippen LogP contribution in [0.1, 0.15) is 25.3 Å². The minimum absolute atomic E-state index is 0.0920. The molecule has 27 heavy (non-hydrogen) atoms. The molecule has 2 unspecified atom stereocenters. The maximum atomic E-state index is 13.1. The fourth-order valence-corrected chi connectivity index (χ4v) is 4.04. The van der Waals surface area contributed by atoms with E-state index in [1.807, 2.05) is 54.3 Å². The molecule has 2 aromatic rings. The van der Waals surface area contributed by atoms with E-state index in [4.69, 9.17) is 11.6 Å². The van der Waals surface area contributed by atoms with Crippen molar-refractivity contribution in [2.45, 2.75) is 32.4 Å². The van der Waals surface area contributed by atoms with E-state index in [9.17, 15) is 9.59 Å². The molecule has 0 saturated carbocycles. The first-order chi connectivity index (χ1) is 13.1. The van der Waals surface area contributed by atoms with E-state index in [1.54, 1.807) is 0 Å². The van der Waals surface area contributed by atoms with Crippen molar-refractivity contribution in [3.05, 3.63) is 59.1 Å². The number of para-hydroxylation sites is 1. The van der Waals surface area contributed by atoms with E-state index in [0.29, 0.717) is 18.0 Å².